The molecule has 1 amide bonds. The lowest BCUT2D eigenvalue weighted by Gasteiger charge is -2.28. The summed E-state index contributed by atoms with van der Waals surface area (Å²) < 4.78 is 49.4. The third kappa shape index (κ3) is 4.66. The summed E-state index contributed by atoms with van der Waals surface area (Å²) in [5.74, 6) is 1.50. The van der Waals surface area contributed by atoms with Crippen molar-refractivity contribution in [2.24, 2.45) is 0 Å². The number of aromatic amines is 1. The molecule has 1 saturated carbocycles. The van der Waals surface area contributed by atoms with Crippen molar-refractivity contribution < 1.29 is 27.4 Å². The van der Waals surface area contributed by atoms with Crippen LogP contribution < -0.4 is 14.8 Å². The number of nitrogens with one attached hydrogen (secondary N) is 2. The Bertz CT molecular complexity index is 1100. The van der Waals surface area contributed by atoms with Crippen LogP contribution in [0.2, 0.25) is 0 Å². The Labute approximate surface area is 183 Å². The number of nitrogens with zero attached hydrogens (tertiary/aromatic N) is 1. The second-order valence-electron chi connectivity index (χ2n) is 7.99. The normalized spacial score (nSPS) is 19.0. The van der Waals surface area contributed by atoms with Gasteiger partial charge in [0.05, 0.1) is 30.8 Å². The fourth-order valence-corrected chi connectivity index (χ4v) is 4.18. The summed E-state index contributed by atoms with van der Waals surface area (Å²) in [7, 11) is 3.04. The zero-order chi connectivity index (χ0) is 22.9. The van der Waals surface area contributed by atoms with Gasteiger partial charge in [0.25, 0.3) is 5.91 Å². The van der Waals surface area contributed by atoms with E-state index in [1.54, 1.807) is 18.2 Å². The Morgan fingerprint density at radius 3 is 2.47 bits per heavy atom. The van der Waals surface area contributed by atoms with Crippen LogP contribution in [-0.4, -0.2) is 36.1 Å². The van der Waals surface area contributed by atoms with Crippen molar-refractivity contribution in [1.29, 1.82) is 0 Å². The molecule has 1 fully saturated rings. The van der Waals surface area contributed by atoms with Gasteiger partial charge in [0.1, 0.15) is 17.3 Å². The Balaban J connectivity index is 1.48. The highest BCUT2D eigenvalue weighted by molar-refractivity contribution is 5.95. The highest BCUT2D eigenvalue weighted by Gasteiger charge is 2.31. The molecule has 1 aromatic heterocycles. The zero-order valence-electron chi connectivity index (χ0n) is 17.8. The van der Waals surface area contributed by atoms with Crippen molar-refractivity contribution in [3.8, 4) is 11.5 Å². The summed E-state index contributed by atoms with van der Waals surface area (Å²) in [6.07, 6.45) is -1.20. The van der Waals surface area contributed by atoms with Crippen molar-refractivity contribution in [2.75, 3.05) is 14.2 Å². The molecule has 2 N–H and O–H groups in total. The van der Waals surface area contributed by atoms with Crippen molar-refractivity contribution in [3.05, 3.63) is 53.3 Å². The summed E-state index contributed by atoms with van der Waals surface area (Å²) in [4.78, 5) is 20.4. The number of aromatic nitrogens is 2. The Morgan fingerprint density at radius 1 is 1.09 bits per heavy atom. The number of carbonyl (C=O) groups excluding carboxylic acids is 1. The van der Waals surface area contributed by atoms with Crippen LogP contribution in [0.25, 0.3) is 11.0 Å². The SMILES string of the molecule is COc1cc(OC)cc(C(=O)N[C@@H]2CCCC(c3nc4ccc(C(F)(F)F)cc4[nH]3)C2)c1. The number of halogens is 3. The molecule has 1 heterocycles. The highest BCUT2D eigenvalue weighted by Crippen LogP contribution is 2.35. The topological polar surface area (TPSA) is 76.2 Å². The molecule has 4 rings (SSSR count). The molecule has 2 atom stereocenters. The molecule has 32 heavy (non-hydrogen) atoms. The minimum absolute atomic E-state index is 0.0237. The van der Waals surface area contributed by atoms with Crippen LogP contribution in [0.1, 0.15) is 53.3 Å². The predicted octanol–water partition coefficient (Wildman–Crippen LogP) is 5.06. The fraction of sp³-hybridized carbons (Fsp3) is 0.391. The number of hydrogen-bond donors (Lipinski definition) is 2. The number of amides is 1. The van der Waals surface area contributed by atoms with Gasteiger partial charge in [0.2, 0.25) is 0 Å². The first-order valence-corrected chi connectivity index (χ1v) is 10.4. The molecule has 0 saturated heterocycles. The average Bonchev–Trinajstić information content (AvgIpc) is 3.22. The number of benzene rings is 2. The van der Waals surface area contributed by atoms with Gasteiger partial charge in [0, 0.05) is 23.6 Å². The fourth-order valence-electron chi connectivity index (χ4n) is 4.18. The van der Waals surface area contributed by atoms with E-state index in [2.05, 4.69) is 15.3 Å². The molecule has 170 valence electrons. The number of methoxy groups -OCH3 is 2. The van der Waals surface area contributed by atoms with Crippen molar-refractivity contribution in [2.45, 2.75) is 43.8 Å². The van der Waals surface area contributed by atoms with Gasteiger partial charge < -0.3 is 19.8 Å². The number of alkyl halides is 3. The molecule has 2 aromatic carbocycles. The summed E-state index contributed by atoms with van der Waals surface area (Å²) in [6.45, 7) is 0. The van der Waals surface area contributed by atoms with E-state index >= 15 is 0 Å². The third-order valence-electron chi connectivity index (χ3n) is 5.84. The Morgan fingerprint density at radius 2 is 1.81 bits per heavy atom. The number of imidazole rings is 1. The lowest BCUT2D eigenvalue weighted by atomic mass is 9.85. The highest BCUT2D eigenvalue weighted by atomic mass is 19.4. The van der Waals surface area contributed by atoms with E-state index < -0.39 is 11.7 Å². The maximum absolute atomic E-state index is 13.0. The standard InChI is InChI=1S/C23H24F3N3O3/c1-31-17-9-14(10-18(12-17)32-2)22(30)27-16-5-3-4-13(8-16)21-28-19-7-6-15(23(24,25)26)11-20(19)29-21/h6-7,9-13,16H,3-5,8H2,1-2H3,(H,27,30)(H,28,29)/t13?,16-/m1/s1. The first-order chi connectivity index (χ1) is 15.3. The van der Waals surface area contributed by atoms with Crippen molar-refractivity contribution >= 4 is 16.9 Å². The van der Waals surface area contributed by atoms with Crippen LogP contribution in [0.5, 0.6) is 11.5 Å². The first-order valence-electron chi connectivity index (χ1n) is 10.4. The van der Waals surface area contributed by atoms with E-state index in [4.69, 9.17) is 9.47 Å². The number of fused-ring (bicyclic) bond motifs is 1. The van der Waals surface area contributed by atoms with Crippen LogP contribution >= 0.6 is 0 Å². The van der Waals surface area contributed by atoms with E-state index in [1.165, 1.54) is 20.3 Å². The van der Waals surface area contributed by atoms with Crippen LogP contribution in [0.3, 0.4) is 0 Å². The molecule has 6 nitrogen and oxygen atoms in total. The van der Waals surface area contributed by atoms with Gasteiger partial charge in [-0.3, -0.25) is 4.79 Å². The van der Waals surface area contributed by atoms with Crippen LogP contribution in [-0.2, 0) is 6.18 Å². The maximum atomic E-state index is 13.0. The zero-order valence-corrected chi connectivity index (χ0v) is 17.8. The van der Waals surface area contributed by atoms with E-state index in [-0.39, 0.29) is 17.9 Å². The number of H-pyrrole nitrogens is 1. The van der Waals surface area contributed by atoms with Gasteiger partial charge in [-0.1, -0.05) is 6.42 Å². The molecule has 0 aliphatic heterocycles. The van der Waals surface area contributed by atoms with Crippen LogP contribution in [0, 0.1) is 0 Å². The molecule has 1 aliphatic rings. The molecule has 1 unspecified atom stereocenters. The number of hydrogen-bond acceptors (Lipinski definition) is 4. The van der Waals surface area contributed by atoms with Gasteiger partial charge in [0.15, 0.2) is 0 Å². The molecule has 0 radical (unpaired) electrons. The Kier molecular flexibility index (Phi) is 5.99. The first kappa shape index (κ1) is 22.0. The van der Waals surface area contributed by atoms with E-state index in [0.29, 0.717) is 40.3 Å². The van der Waals surface area contributed by atoms with Gasteiger partial charge in [-0.15, -0.1) is 0 Å². The molecule has 0 bridgehead atoms. The molecular weight excluding hydrogens is 423 g/mol. The molecular formula is C23H24F3N3O3. The predicted molar refractivity (Wildman–Crippen MR) is 113 cm³/mol. The number of rotatable bonds is 5. The smallest absolute Gasteiger partial charge is 0.416 e. The molecule has 9 heteroatoms. The van der Waals surface area contributed by atoms with Gasteiger partial charge in [-0.25, -0.2) is 4.98 Å². The van der Waals surface area contributed by atoms with E-state index in [1.807, 2.05) is 0 Å². The molecule has 0 spiro atoms. The van der Waals surface area contributed by atoms with Crippen molar-refractivity contribution in [1.82, 2.24) is 15.3 Å². The van der Waals surface area contributed by atoms with Gasteiger partial charge >= 0.3 is 6.18 Å². The maximum Gasteiger partial charge on any atom is 0.416 e. The second kappa shape index (κ2) is 8.72. The largest absolute Gasteiger partial charge is 0.497 e. The number of carbonyl (C=O) groups is 1. The van der Waals surface area contributed by atoms with Gasteiger partial charge in [-0.2, -0.15) is 13.2 Å². The average molecular weight is 447 g/mol. The molecule has 1 aliphatic carbocycles. The van der Waals surface area contributed by atoms with E-state index in [9.17, 15) is 18.0 Å². The van der Waals surface area contributed by atoms with Crippen LogP contribution in [0.15, 0.2) is 36.4 Å². The minimum Gasteiger partial charge on any atom is -0.497 e. The van der Waals surface area contributed by atoms with E-state index in [0.717, 1.165) is 31.4 Å². The van der Waals surface area contributed by atoms with Crippen LogP contribution in [0.4, 0.5) is 13.2 Å². The summed E-state index contributed by atoms with van der Waals surface area (Å²) in [5, 5.41) is 3.06. The summed E-state index contributed by atoms with van der Waals surface area (Å²) >= 11 is 0. The quantitative estimate of drug-likeness (QED) is 0.574. The molecule has 3 aromatic rings. The lowest BCUT2D eigenvalue weighted by Crippen LogP contribution is -2.38. The summed E-state index contributed by atoms with van der Waals surface area (Å²) in [5.41, 5.74) is 0.599. The van der Waals surface area contributed by atoms with Crippen molar-refractivity contribution in [3.63, 3.8) is 0 Å². The number of ether oxygens (including phenoxy) is 2. The second-order valence-corrected chi connectivity index (χ2v) is 7.99. The lowest BCUT2D eigenvalue weighted by molar-refractivity contribution is -0.137. The minimum atomic E-state index is -4.40. The Hall–Kier alpha value is -3.23. The summed E-state index contributed by atoms with van der Waals surface area (Å²) in [6, 6.07) is 8.43. The third-order valence-corrected chi connectivity index (χ3v) is 5.84. The van der Waals surface area contributed by atoms with Gasteiger partial charge in [-0.05, 0) is 49.6 Å². The monoisotopic (exact) mass is 447 g/mol.